The molecule has 0 atom stereocenters. The van der Waals surface area contributed by atoms with Crippen LogP contribution in [0.5, 0.6) is 0 Å². The molecule has 0 bridgehead atoms. The minimum Gasteiger partial charge on any atom is -0.353 e. The van der Waals surface area contributed by atoms with Gasteiger partial charge in [-0.05, 0) is 41.8 Å². The van der Waals surface area contributed by atoms with Crippen LogP contribution in [0.4, 0.5) is 11.5 Å². The van der Waals surface area contributed by atoms with E-state index in [-0.39, 0.29) is 17.2 Å². The van der Waals surface area contributed by atoms with E-state index in [0.717, 1.165) is 23.5 Å². The molecule has 2 aromatic heterocycles. The molecule has 1 saturated heterocycles. The number of rotatable bonds is 5. The maximum Gasteiger partial charge on any atom is 0.231 e. The monoisotopic (exact) mass is 392 g/mol. The number of carbonyl (C=O) groups is 1. The van der Waals surface area contributed by atoms with Gasteiger partial charge in [-0.1, -0.05) is 25.9 Å². The number of amides is 1. The van der Waals surface area contributed by atoms with Gasteiger partial charge in [0.15, 0.2) is 5.82 Å². The van der Waals surface area contributed by atoms with Crippen LogP contribution in [-0.4, -0.2) is 39.3 Å². The minimum atomic E-state index is -0.0613. The molecule has 0 aliphatic carbocycles. The second kappa shape index (κ2) is 7.62. The third kappa shape index (κ3) is 4.59. The van der Waals surface area contributed by atoms with Crippen molar-refractivity contribution in [2.24, 2.45) is 11.3 Å². The predicted molar refractivity (Wildman–Crippen MR) is 109 cm³/mol. The first-order chi connectivity index (χ1) is 13.9. The topological polar surface area (TPSA) is 97.0 Å². The minimum absolute atomic E-state index is 0.00455. The lowest BCUT2D eigenvalue weighted by Gasteiger charge is -2.38. The zero-order valence-corrected chi connectivity index (χ0v) is 16.8. The summed E-state index contributed by atoms with van der Waals surface area (Å²) >= 11 is 0. The Hall–Kier alpha value is -3.29. The molecule has 29 heavy (non-hydrogen) atoms. The third-order valence-electron chi connectivity index (χ3n) is 4.69. The van der Waals surface area contributed by atoms with Crippen molar-refractivity contribution in [3.8, 4) is 11.4 Å². The zero-order valence-electron chi connectivity index (χ0n) is 16.8. The Morgan fingerprint density at radius 2 is 1.97 bits per heavy atom. The van der Waals surface area contributed by atoms with Crippen molar-refractivity contribution in [3.05, 3.63) is 48.5 Å². The van der Waals surface area contributed by atoms with Crippen molar-refractivity contribution in [2.75, 3.05) is 23.3 Å². The smallest absolute Gasteiger partial charge is 0.231 e. The summed E-state index contributed by atoms with van der Waals surface area (Å²) in [5, 5.41) is 15.0. The van der Waals surface area contributed by atoms with E-state index in [0.29, 0.717) is 24.8 Å². The van der Waals surface area contributed by atoms with Crippen LogP contribution in [0.3, 0.4) is 0 Å². The zero-order chi connectivity index (χ0) is 20.4. The first kappa shape index (κ1) is 19.0. The summed E-state index contributed by atoms with van der Waals surface area (Å²) in [6, 6.07) is 11.2. The van der Waals surface area contributed by atoms with E-state index in [1.165, 1.54) is 0 Å². The van der Waals surface area contributed by atoms with Gasteiger partial charge in [-0.2, -0.15) is 10.1 Å². The second-order valence-corrected chi connectivity index (χ2v) is 8.50. The lowest BCUT2D eigenvalue weighted by molar-refractivity contribution is -0.120. The lowest BCUT2D eigenvalue weighted by atomic mass is 9.92. The van der Waals surface area contributed by atoms with Crippen LogP contribution in [0, 0.1) is 11.3 Å². The van der Waals surface area contributed by atoms with Gasteiger partial charge in [-0.25, -0.2) is 0 Å². The van der Waals surface area contributed by atoms with Crippen molar-refractivity contribution >= 4 is 17.4 Å². The third-order valence-corrected chi connectivity index (χ3v) is 4.69. The van der Waals surface area contributed by atoms with Gasteiger partial charge in [0.05, 0.1) is 5.92 Å². The van der Waals surface area contributed by atoms with Gasteiger partial charge in [0.2, 0.25) is 17.6 Å². The number of aromatic nitrogens is 4. The Kier molecular flexibility index (Phi) is 5.00. The summed E-state index contributed by atoms with van der Waals surface area (Å²) in [6.45, 7) is 7.67. The standard InChI is InChI=1S/C21H24N6O2/c1-21(2,3)11-18-24-19(26-29-18)14-6-8-16(9-7-14)23-20(28)15-12-27(13-15)17-5-4-10-22-25-17/h4-10,15H,11-13H2,1-3H3,(H,23,28). The van der Waals surface area contributed by atoms with Gasteiger partial charge in [-0.15, -0.1) is 5.10 Å². The highest BCUT2D eigenvalue weighted by molar-refractivity contribution is 5.94. The van der Waals surface area contributed by atoms with E-state index >= 15 is 0 Å². The van der Waals surface area contributed by atoms with E-state index in [1.54, 1.807) is 6.20 Å². The quantitative estimate of drug-likeness (QED) is 0.712. The summed E-state index contributed by atoms with van der Waals surface area (Å²) in [5.41, 5.74) is 1.68. The Morgan fingerprint density at radius 3 is 2.62 bits per heavy atom. The highest BCUT2D eigenvalue weighted by Crippen LogP contribution is 2.25. The fourth-order valence-electron chi connectivity index (χ4n) is 3.14. The summed E-state index contributed by atoms with van der Waals surface area (Å²) in [5.74, 6) is 1.92. The van der Waals surface area contributed by atoms with E-state index in [4.69, 9.17) is 4.52 Å². The van der Waals surface area contributed by atoms with E-state index in [2.05, 4.69) is 46.4 Å². The van der Waals surface area contributed by atoms with Crippen LogP contribution in [0.1, 0.15) is 26.7 Å². The number of nitrogens with zero attached hydrogens (tertiary/aromatic N) is 5. The highest BCUT2D eigenvalue weighted by Gasteiger charge is 2.33. The largest absolute Gasteiger partial charge is 0.353 e. The Bertz CT molecular complexity index is 972. The Labute approximate surface area is 169 Å². The molecule has 0 spiro atoms. The fraction of sp³-hybridized carbons (Fsp3) is 0.381. The number of anilines is 2. The maximum atomic E-state index is 12.4. The Balaban J connectivity index is 1.32. The number of hydrogen-bond acceptors (Lipinski definition) is 7. The summed E-state index contributed by atoms with van der Waals surface area (Å²) in [4.78, 5) is 18.9. The van der Waals surface area contributed by atoms with E-state index in [9.17, 15) is 4.79 Å². The average Bonchev–Trinajstić information content (AvgIpc) is 3.08. The normalized spacial score (nSPS) is 14.5. The molecule has 3 aromatic rings. The van der Waals surface area contributed by atoms with Crippen molar-refractivity contribution in [1.82, 2.24) is 20.3 Å². The van der Waals surface area contributed by atoms with Crippen LogP contribution >= 0.6 is 0 Å². The lowest BCUT2D eigenvalue weighted by Crippen LogP contribution is -2.52. The molecule has 1 aliphatic rings. The van der Waals surface area contributed by atoms with Crippen LogP contribution in [0.2, 0.25) is 0 Å². The molecule has 8 nitrogen and oxygen atoms in total. The summed E-state index contributed by atoms with van der Waals surface area (Å²) in [6.07, 6.45) is 2.36. The molecule has 1 aliphatic heterocycles. The number of benzene rings is 1. The van der Waals surface area contributed by atoms with Crippen LogP contribution in [0.15, 0.2) is 47.1 Å². The van der Waals surface area contributed by atoms with E-state index in [1.807, 2.05) is 41.3 Å². The highest BCUT2D eigenvalue weighted by atomic mass is 16.5. The van der Waals surface area contributed by atoms with Crippen molar-refractivity contribution in [1.29, 1.82) is 0 Å². The summed E-state index contributed by atoms with van der Waals surface area (Å²) < 4.78 is 5.34. The summed E-state index contributed by atoms with van der Waals surface area (Å²) in [7, 11) is 0. The number of hydrogen-bond donors (Lipinski definition) is 1. The SMILES string of the molecule is CC(C)(C)Cc1nc(-c2ccc(NC(=O)C3CN(c4cccnn4)C3)cc2)no1. The molecule has 3 heterocycles. The van der Waals surface area contributed by atoms with Crippen molar-refractivity contribution in [2.45, 2.75) is 27.2 Å². The maximum absolute atomic E-state index is 12.4. The van der Waals surface area contributed by atoms with Crippen molar-refractivity contribution in [3.63, 3.8) is 0 Å². The van der Waals surface area contributed by atoms with Crippen LogP contribution < -0.4 is 10.2 Å². The van der Waals surface area contributed by atoms with Crippen LogP contribution in [-0.2, 0) is 11.2 Å². The molecule has 8 heteroatoms. The first-order valence-corrected chi connectivity index (χ1v) is 9.64. The van der Waals surface area contributed by atoms with Gasteiger partial charge < -0.3 is 14.7 Å². The fourth-order valence-corrected chi connectivity index (χ4v) is 3.14. The van der Waals surface area contributed by atoms with Gasteiger partial charge in [0.1, 0.15) is 0 Å². The molecular formula is C21H24N6O2. The number of nitrogens with one attached hydrogen (secondary N) is 1. The van der Waals surface area contributed by atoms with Gasteiger partial charge >= 0.3 is 0 Å². The first-order valence-electron chi connectivity index (χ1n) is 9.64. The molecule has 0 radical (unpaired) electrons. The molecule has 1 aromatic carbocycles. The Morgan fingerprint density at radius 1 is 1.21 bits per heavy atom. The van der Waals surface area contributed by atoms with Gasteiger partial charge in [0, 0.05) is 37.0 Å². The molecule has 1 N–H and O–H groups in total. The molecule has 0 saturated carbocycles. The molecule has 150 valence electrons. The molecule has 4 rings (SSSR count). The molecule has 1 fully saturated rings. The predicted octanol–water partition coefficient (Wildman–Crippen LogP) is 3.19. The number of carbonyl (C=O) groups excluding carboxylic acids is 1. The average molecular weight is 392 g/mol. The molecule has 0 unspecified atom stereocenters. The van der Waals surface area contributed by atoms with Crippen LogP contribution in [0.25, 0.3) is 11.4 Å². The van der Waals surface area contributed by atoms with Gasteiger partial charge in [0.25, 0.3) is 0 Å². The van der Waals surface area contributed by atoms with Crippen molar-refractivity contribution < 1.29 is 9.32 Å². The van der Waals surface area contributed by atoms with Gasteiger partial charge in [-0.3, -0.25) is 4.79 Å². The molecular weight excluding hydrogens is 368 g/mol. The molecule has 1 amide bonds. The van der Waals surface area contributed by atoms with E-state index < -0.39 is 0 Å². The second-order valence-electron chi connectivity index (χ2n) is 8.50.